The Kier molecular flexibility index (Phi) is 6.39. The van der Waals surface area contributed by atoms with Crippen molar-refractivity contribution in [3.05, 3.63) is 70.7 Å². The third-order valence-electron chi connectivity index (χ3n) is 3.87. The van der Waals surface area contributed by atoms with Gasteiger partial charge >= 0.3 is 5.97 Å². The van der Waals surface area contributed by atoms with Crippen molar-refractivity contribution < 1.29 is 9.53 Å². The topological polar surface area (TPSA) is 75.6 Å². The lowest BCUT2D eigenvalue weighted by Crippen LogP contribution is -2.20. The van der Waals surface area contributed by atoms with Crippen LogP contribution in [0.2, 0.25) is 0 Å². The van der Waals surface area contributed by atoms with E-state index in [-0.39, 0.29) is 12.3 Å². The number of aromatic nitrogens is 1. The van der Waals surface area contributed by atoms with Crippen LogP contribution in [-0.2, 0) is 9.53 Å². The molecule has 0 fully saturated rings. The number of carbonyl (C=O) groups excluding carboxylic acids is 1. The third kappa shape index (κ3) is 5.17. The summed E-state index contributed by atoms with van der Waals surface area (Å²) in [5, 5.41) is 9.94. The van der Waals surface area contributed by atoms with Crippen LogP contribution in [0.25, 0.3) is 0 Å². The van der Waals surface area contributed by atoms with E-state index in [9.17, 15) is 4.79 Å². The molecule has 6 nitrogen and oxygen atoms in total. The van der Waals surface area contributed by atoms with Crippen LogP contribution in [0, 0.1) is 13.8 Å². The first-order valence-corrected chi connectivity index (χ1v) is 9.80. The Morgan fingerprint density at radius 1 is 1.04 bits per heavy atom. The molecule has 0 saturated heterocycles. The molecule has 0 bridgehead atoms. The lowest BCUT2D eigenvalue weighted by molar-refractivity contribution is -0.134. The third-order valence-corrected chi connectivity index (χ3v) is 4.62. The van der Waals surface area contributed by atoms with E-state index in [0.29, 0.717) is 10.8 Å². The molecule has 3 rings (SSSR count). The molecule has 2 aromatic carbocycles. The van der Waals surface area contributed by atoms with Gasteiger partial charge in [0, 0.05) is 11.1 Å². The average molecular weight is 395 g/mol. The van der Waals surface area contributed by atoms with Crippen molar-refractivity contribution in [1.82, 2.24) is 4.98 Å². The first kappa shape index (κ1) is 19.6. The van der Waals surface area contributed by atoms with Crippen molar-refractivity contribution in [3.63, 3.8) is 0 Å². The Morgan fingerprint density at radius 2 is 1.64 bits per heavy atom. The maximum absolute atomic E-state index is 12.4. The van der Waals surface area contributed by atoms with Crippen LogP contribution in [-0.4, -0.2) is 23.3 Å². The van der Waals surface area contributed by atoms with Gasteiger partial charge in [0.15, 0.2) is 10.8 Å². The molecular formula is C21H22N4O2S. The zero-order valence-electron chi connectivity index (χ0n) is 16.0. The first-order valence-electron chi connectivity index (χ1n) is 8.92. The smallest absolute Gasteiger partial charge is 0.361 e. The van der Waals surface area contributed by atoms with Crippen molar-refractivity contribution in [3.8, 4) is 0 Å². The second-order valence-corrected chi connectivity index (χ2v) is 7.05. The van der Waals surface area contributed by atoms with E-state index in [1.165, 1.54) is 16.9 Å². The number of hydrogen-bond acceptors (Lipinski definition) is 7. The Hall–Kier alpha value is -3.19. The predicted molar refractivity (Wildman–Crippen MR) is 115 cm³/mol. The number of anilines is 3. The van der Waals surface area contributed by atoms with Crippen LogP contribution in [0.5, 0.6) is 0 Å². The lowest BCUT2D eigenvalue weighted by Gasteiger charge is -2.06. The molecule has 3 aromatic rings. The molecule has 0 radical (unpaired) electrons. The number of carbonyl (C=O) groups is 1. The van der Waals surface area contributed by atoms with Crippen molar-refractivity contribution in [2.24, 2.45) is 5.10 Å². The average Bonchev–Trinajstić information content (AvgIpc) is 3.14. The number of benzene rings is 2. The van der Waals surface area contributed by atoms with Crippen molar-refractivity contribution in [2.75, 3.05) is 17.3 Å². The molecule has 0 aliphatic heterocycles. The zero-order chi connectivity index (χ0) is 19.9. The Morgan fingerprint density at radius 3 is 2.25 bits per heavy atom. The fourth-order valence-corrected chi connectivity index (χ4v) is 3.07. The highest BCUT2D eigenvalue weighted by Crippen LogP contribution is 2.22. The summed E-state index contributed by atoms with van der Waals surface area (Å²) in [6.07, 6.45) is 0. The Balaban J connectivity index is 1.80. The Bertz CT molecular complexity index is 963. The summed E-state index contributed by atoms with van der Waals surface area (Å²) in [6, 6.07) is 15.7. The molecule has 0 spiro atoms. The maximum atomic E-state index is 12.4. The van der Waals surface area contributed by atoms with E-state index in [1.807, 2.05) is 62.4 Å². The van der Waals surface area contributed by atoms with Crippen LogP contribution in [0.15, 0.2) is 59.0 Å². The van der Waals surface area contributed by atoms with Gasteiger partial charge in [-0.1, -0.05) is 35.4 Å². The number of hydrazone groups is 1. The second-order valence-electron chi connectivity index (χ2n) is 6.19. The van der Waals surface area contributed by atoms with Crippen LogP contribution in [0.3, 0.4) is 0 Å². The molecule has 28 heavy (non-hydrogen) atoms. The summed E-state index contributed by atoms with van der Waals surface area (Å²) in [7, 11) is 0. The second kappa shape index (κ2) is 9.14. The summed E-state index contributed by atoms with van der Waals surface area (Å²) < 4.78 is 5.14. The van der Waals surface area contributed by atoms with E-state index in [4.69, 9.17) is 4.74 Å². The van der Waals surface area contributed by atoms with E-state index in [0.717, 1.165) is 16.9 Å². The van der Waals surface area contributed by atoms with Gasteiger partial charge in [0.05, 0.1) is 12.3 Å². The van der Waals surface area contributed by atoms with Crippen molar-refractivity contribution in [1.29, 1.82) is 0 Å². The molecular weight excluding hydrogens is 372 g/mol. The molecule has 0 amide bonds. The summed E-state index contributed by atoms with van der Waals surface area (Å²) in [5.41, 5.74) is 7.53. The first-order chi connectivity index (χ1) is 13.5. The van der Waals surface area contributed by atoms with Gasteiger partial charge in [-0.15, -0.1) is 11.3 Å². The lowest BCUT2D eigenvalue weighted by atomic mass is 10.2. The SMILES string of the molecule is CCOC(=O)/C(=N/Nc1ccc(C)cc1)c1csc(Nc2ccc(C)cc2)n1. The molecule has 0 unspecified atom stereocenters. The van der Waals surface area contributed by atoms with Gasteiger partial charge in [-0.25, -0.2) is 9.78 Å². The van der Waals surface area contributed by atoms with Gasteiger partial charge in [0.2, 0.25) is 0 Å². The fraction of sp³-hybridized carbons (Fsp3) is 0.190. The van der Waals surface area contributed by atoms with Crippen LogP contribution in [0.4, 0.5) is 16.5 Å². The number of rotatable bonds is 7. The van der Waals surface area contributed by atoms with Crippen molar-refractivity contribution in [2.45, 2.75) is 20.8 Å². The minimum atomic E-state index is -0.519. The standard InChI is InChI=1S/C21H22N4O2S/c1-4-27-20(26)19(25-24-17-11-7-15(3)8-12-17)18-13-28-21(23-18)22-16-9-5-14(2)6-10-16/h5-13,24H,4H2,1-3H3,(H,22,23)/b25-19+. The normalized spacial score (nSPS) is 11.2. The summed E-state index contributed by atoms with van der Waals surface area (Å²) in [4.78, 5) is 16.9. The minimum Gasteiger partial charge on any atom is -0.461 e. The van der Waals surface area contributed by atoms with E-state index in [2.05, 4.69) is 20.8 Å². The molecule has 1 heterocycles. The van der Waals surface area contributed by atoms with Gasteiger partial charge in [0.25, 0.3) is 0 Å². The molecule has 2 N–H and O–H groups in total. The number of esters is 1. The summed E-state index contributed by atoms with van der Waals surface area (Å²) in [6.45, 7) is 6.07. The van der Waals surface area contributed by atoms with Gasteiger partial charge in [-0.05, 0) is 45.0 Å². The number of ether oxygens (including phenoxy) is 1. The highest BCUT2D eigenvalue weighted by molar-refractivity contribution is 7.14. The van der Waals surface area contributed by atoms with Gasteiger partial charge in [-0.2, -0.15) is 5.10 Å². The Labute approximate surface area is 168 Å². The molecule has 0 aliphatic rings. The zero-order valence-corrected chi connectivity index (χ0v) is 16.8. The van der Waals surface area contributed by atoms with E-state index >= 15 is 0 Å². The number of nitrogens with zero attached hydrogens (tertiary/aromatic N) is 2. The van der Waals surface area contributed by atoms with Gasteiger partial charge in [-0.3, -0.25) is 5.43 Å². The molecule has 0 saturated carbocycles. The van der Waals surface area contributed by atoms with E-state index < -0.39 is 5.97 Å². The fourth-order valence-electron chi connectivity index (χ4n) is 2.36. The maximum Gasteiger partial charge on any atom is 0.361 e. The molecule has 144 valence electrons. The number of hydrogen-bond donors (Lipinski definition) is 2. The van der Waals surface area contributed by atoms with Gasteiger partial charge in [0.1, 0.15) is 5.69 Å². The number of aryl methyl sites for hydroxylation is 2. The largest absolute Gasteiger partial charge is 0.461 e. The number of nitrogens with one attached hydrogen (secondary N) is 2. The predicted octanol–water partition coefficient (Wildman–Crippen LogP) is 4.88. The van der Waals surface area contributed by atoms with Crippen LogP contribution >= 0.6 is 11.3 Å². The van der Waals surface area contributed by atoms with E-state index in [1.54, 1.807) is 12.3 Å². The monoisotopic (exact) mass is 394 g/mol. The van der Waals surface area contributed by atoms with Gasteiger partial charge < -0.3 is 10.1 Å². The molecule has 1 aromatic heterocycles. The quantitative estimate of drug-likeness (QED) is 0.339. The summed E-state index contributed by atoms with van der Waals surface area (Å²) >= 11 is 1.40. The highest BCUT2D eigenvalue weighted by Gasteiger charge is 2.19. The summed E-state index contributed by atoms with van der Waals surface area (Å²) in [5.74, 6) is -0.519. The highest BCUT2D eigenvalue weighted by atomic mass is 32.1. The van der Waals surface area contributed by atoms with Crippen LogP contribution in [0.1, 0.15) is 23.7 Å². The van der Waals surface area contributed by atoms with Crippen LogP contribution < -0.4 is 10.7 Å². The molecule has 0 aliphatic carbocycles. The van der Waals surface area contributed by atoms with Crippen molar-refractivity contribution >= 4 is 39.5 Å². The number of thiazole rings is 1. The molecule has 0 atom stereocenters. The molecule has 7 heteroatoms. The minimum absolute atomic E-state index is 0.135.